The van der Waals surface area contributed by atoms with Crippen molar-refractivity contribution in [1.29, 1.82) is 0 Å². The number of nitrogens with zero attached hydrogens (tertiary/aromatic N) is 5. The number of aromatic nitrogens is 5. The molecule has 12 heteroatoms. The molecule has 0 bridgehead atoms. The molecule has 4 rings (SSSR count). The summed E-state index contributed by atoms with van der Waals surface area (Å²) in [6, 6.07) is 8.82. The summed E-state index contributed by atoms with van der Waals surface area (Å²) in [6.07, 6.45) is 4.68. The predicted molar refractivity (Wildman–Crippen MR) is 165 cm³/mol. The fourth-order valence-corrected chi connectivity index (χ4v) is 5.36. The largest absolute Gasteiger partial charge is 0.492 e. The molecule has 2 aromatic carbocycles. The summed E-state index contributed by atoms with van der Waals surface area (Å²) in [4.78, 5) is 18.0. The number of imidazole rings is 1. The second-order valence-corrected chi connectivity index (χ2v) is 14.2. The molecule has 11 nitrogen and oxygen atoms in total. The highest BCUT2D eigenvalue weighted by Crippen LogP contribution is 2.39. The lowest BCUT2D eigenvalue weighted by Crippen LogP contribution is -2.24. The van der Waals surface area contributed by atoms with E-state index in [2.05, 4.69) is 50.7 Å². The van der Waals surface area contributed by atoms with Gasteiger partial charge in [0.2, 0.25) is 10.0 Å². The number of benzene rings is 2. The molecule has 4 aromatic rings. The summed E-state index contributed by atoms with van der Waals surface area (Å²) in [7, 11) is -2.18. The third kappa shape index (κ3) is 6.48. The zero-order valence-electron chi connectivity index (χ0n) is 25.8. The van der Waals surface area contributed by atoms with Crippen LogP contribution in [0.1, 0.15) is 68.9 Å². The van der Waals surface area contributed by atoms with Crippen molar-refractivity contribution >= 4 is 27.3 Å². The van der Waals surface area contributed by atoms with E-state index in [0.717, 1.165) is 28.9 Å². The fourth-order valence-electron chi connectivity index (χ4n) is 4.81. The van der Waals surface area contributed by atoms with E-state index in [9.17, 15) is 13.2 Å². The lowest BCUT2D eigenvalue weighted by atomic mass is 9.86. The van der Waals surface area contributed by atoms with Crippen LogP contribution in [0.3, 0.4) is 0 Å². The minimum atomic E-state index is -3.60. The Morgan fingerprint density at radius 3 is 2.26 bits per heavy atom. The second kappa shape index (κ2) is 10.9. The Morgan fingerprint density at radius 1 is 1.00 bits per heavy atom. The van der Waals surface area contributed by atoms with Gasteiger partial charge in [0.15, 0.2) is 5.75 Å². The molecule has 42 heavy (non-hydrogen) atoms. The summed E-state index contributed by atoms with van der Waals surface area (Å²) in [5.74, 6) is 0.691. The summed E-state index contributed by atoms with van der Waals surface area (Å²) in [5.41, 5.74) is 4.35. The van der Waals surface area contributed by atoms with Gasteiger partial charge in [0.25, 0.3) is 5.91 Å². The number of anilines is 2. The molecule has 224 valence electrons. The standard InChI is InChI=1S/C30H39N7O4S/c1-18-11-12-20(13-25(18)36-17-24(33-35-36)26-16-31-19(2)37(26)30(6,7)8)28(38)32-22-14-21(29(3,4)5)15-23(27(22)41-9)34-42(10,39)40/h11-17,34H,1-10H3,(H,32,38). The van der Waals surface area contributed by atoms with Crippen LogP contribution in [0.15, 0.2) is 42.7 Å². The van der Waals surface area contributed by atoms with Gasteiger partial charge in [-0.05, 0) is 75.4 Å². The van der Waals surface area contributed by atoms with Crippen LogP contribution in [-0.4, -0.2) is 52.2 Å². The molecule has 0 fully saturated rings. The first kappa shape index (κ1) is 30.8. The van der Waals surface area contributed by atoms with Gasteiger partial charge in [0.1, 0.15) is 11.5 Å². The maximum atomic E-state index is 13.6. The van der Waals surface area contributed by atoms with E-state index in [1.165, 1.54) is 7.11 Å². The van der Waals surface area contributed by atoms with Crippen LogP contribution in [-0.2, 0) is 21.0 Å². The third-order valence-corrected chi connectivity index (χ3v) is 7.38. The van der Waals surface area contributed by atoms with E-state index in [0.29, 0.717) is 22.6 Å². The summed E-state index contributed by atoms with van der Waals surface area (Å²) in [5, 5.41) is 11.7. The van der Waals surface area contributed by atoms with Gasteiger partial charge in [-0.15, -0.1) is 5.10 Å². The average Bonchev–Trinajstić information content (AvgIpc) is 3.49. The third-order valence-electron chi connectivity index (χ3n) is 6.79. The zero-order chi connectivity index (χ0) is 31.2. The van der Waals surface area contributed by atoms with Crippen LogP contribution in [0, 0.1) is 13.8 Å². The molecule has 0 spiro atoms. The molecule has 0 saturated heterocycles. The number of carbonyl (C=O) groups excluding carboxylic acids is 1. The van der Waals surface area contributed by atoms with Gasteiger partial charge in [0.05, 0.1) is 48.5 Å². The minimum absolute atomic E-state index is 0.199. The van der Waals surface area contributed by atoms with Crippen LogP contribution in [0.4, 0.5) is 11.4 Å². The van der Waals surface area contributed by atoms with Gasteiger partial charge in [-0.3, -0.25) is 9.52 Å². The van der Waals surface area contributed by atoms with E-state index in [1.54, 1.807) is 35.1 Å². The molecule has 2 N–H and O–H groups in total. The highest BCUT2D eigenvalue weighted by atomic mass is 32.2. The van der Waals surface area contributed by atoms with E-state index < -0.39 is 15.9 Å². The van der Waals surface area contributed by atoms with Crippen molar-refractivity contribution in [3.8, 4) is 22.8 Å². The molecule has 0 aliphatic carbocycles. The Labute approximate surface area is 247 Å². The Balaban J connectivity index is 1.72. The lowest BCUT2D eigenvalue weighted by molar-refractivity contribution is 0.102. The maximum absolute atomic E-state index is 13.6. The van der Waals surface area contributed by atoms with Crippen LogP contribution >= 0.6 is 0 Å². The molecule has 1 amide bonds. The number of methoxy groups -OCH3 is 1. The average molecular weight is 594 g/mol. The number of sulfonamides is 1. The smallest absolute Gasteiger partial charge is 0.255 e. The summed E-state index contributed by atoms with van der Waals surface area (Å²) >= 11 is 0. The SMILES string of the molecule is COc1c(NC(=O)c2ccc(C)c(-n3cc(-c4cnc(C)n4C(C)(C)C)nn3)c2)cc(C(C)(C)C)cc1NS(C)(=O)=O. The van der Waals surface area contributed by atoms with Crippen molar-refractivity contribution in [2.75, 3.05) is 23.4 Å². The number of carbonyl (C=O) groups is 1. The number of nitrogens with one attached hydrogen (secondary N) is 2. The van der Waals surface area contributed by atoms with Gasteiger partial charge in [-0.1, -0.05) is 32.1 Å². The Kier molecular flexibility index (Phi) is 7.98. The number of hydrogen-bond donors (Lipinski definition) is 2. The molecular weight excluding hydrogens is 554 g/mol. The Morgan fingerprint density at radius 2 is 1.67 bits per heavy atom. The van der Waals surface area contributed by atoms with Crippen molar-refractivity contribution < 1.29 is 17.9 Å². The van der Waals surface area contributed by atoms with E-state index in [-0.39, 0.29) is 22.4 Å². The van der Waals surface area contributed by atoms with Crippen LogP contribution in [0.5, 0.6) is 5.75 Å². The molecular formula is C30H39N7O4S. The van der Waals surface area contributed by atoms with Crippen molar-refractivity contribution in [3.63, 3.8) is 0 Å². The summed E-state index contributed by atoms with van der Waals surface area (Å²) < 4.78 is 36.0. The maximum Gasteiger partial charge on any atom is 0.255 e. The predicted octanol–water partition coefficient (Wildman–Crippen LogP) is 5.43. The topological polar surface area (TPSA) is 133 Å². The lowest BCUT2D eigenvalue weighted by Gasteiger charge is -2.24. The molecule has 2 heterocycles. The molecule has 2 aromatic heterocycles. The Bertz CT molecular complexity index is 1760. The first-order valence-corrected chi connectivity index (χ1v) is 15.4. The van der Waals surface area contributed by atoms with E-state index in [4.69, 9.17) is 4.74 Å². The number of amides is 1. The van der Waals surface area contributed by atoms with Crippen LogP contribution in [0.2, 0.25) is 0 Å². The number of ether oxygens (including phenoxy) is 1. The van der Waals surface area contributed by atoms with Gasteiger partial charge >= 0.3 is 0 Å². The molecule has 0 saturated carbocycles. The van der Waals surface area contributed by atoms with E-state index >= 15 is 0 Å². The van der Waals surface area contributed by atoms with Crippen molar-refractivity contribution in [2.45, 2.75) is 66.3 Å². The zero-order valence-corrected chi connectivity index (χ0v) is 26.6. The first-order chi connectivity index (χ1) is 19.4. The molecule has 0 atom stereocenters. The fraction of sp³-hybridized carbons (Fsp3) is 0.400. The summed E-state index contributed by atoms with van der Waals surface area (Å²) in [6.45, 7) is 16.2. The second-order valence-electron chi connectivity index (χ2n) is 12.4. The van der Waals surface area contributed by atoms with Gasteiger partial charge < -0.3 is 14.6 Å². The normalized spacial score (nSPS) is 12.3. The van der Waals surface area contributed by atoms with Crippen LogP contribution in [0.25, 0.3) is 17.1 Å². The van der Waals surface area contributed by atoms with Gasteiger partial charge in [-0.2, -0.15) is 0 Å². The van der Waals surface area contributed by atoms with Crippen molar-refractivity contribution in [2.24, 2.45) is 0 Å². The van der Waals surface area contributed by atoms with Gasteiger partial charge in [0, 0.05) is 11.1 Å². The Hall–Kier alpha value is -4.19. The minimum Gasteiger partial charge on any atom is -0.492 e. The number of aryl methyl sites for hydroxylation is 2. The first-order valence-electron chi connectivity index (χ1n) is 13.5. The van der Waals surface area contributed by atoms with E-state index in [1.807, 2.05) is 46.9 Å². The molecule has 0 radical (unpaired) electrons. The molecule has 0 unspecified atom stereocenters. The molecule has 0 aliphatic heterocycles. The van der Waals surface area contributed by atoms with Crippen molar-refractivity contribution in [1.82, 2.24) is 24.5 Å². The van der Waals surface area contributed by atoms with Crippen LogP contribution < -0.4 is 14.8 Å². The highest BCUT2D eigenvalue weighted by molar-refractivity contribution is 7.92. The highest BCUT2D eigenvalue weighted by Gasteiger charge is 2.24. The van der Waals surface area contributed by atoms with Gasteiger partial charge in [-0.25, -0.2) is 18.1 Å². The van der Waals surface area contributed by atoms with Crippen molar-refractivity contribution in [3.05, 3.63) is 65.2 Å². The number of rotatable bonds is 7. The quantitative estimate of drug-likeness (QED) is 0.292. The monoisotopic (exact) mass is 593 g/mol. The number of hydrogen-bond acceptors (Lipinski definition) is 7. The molecule has 0 aliphatic rings.